The molecule has 1 heterocycles. The average Bonchev–Trinajstić information content (AvgIpc) is 2.65. The zero-order chi connectivity index (χ0) is 10.4. The minimum Gasteiger partial charge on any atom is -0.360 e. The van der Waals surface area contributed by atoms with Gasteiger partial charge in [0.15, 0.2) is 0 Å². The van der Waals surface area contributed by atoms with Crippen LogP contribution >= 0.6 is 0 Å². The highest BCUT2D eigenvalue weighted by Gasteiger charge is 2.05. The van der Waals surface area contributed by atoms with E-state index >= 15 is 0 Å². The van der Waals surface area contributed by atoms with E-state index in [-0.39, 0.29) is 0 Å². The number of hydrogen-bond acceptors (Lipinski definition) is 3. The molecule has 0 radical (unpaired) electrons. The van der Waals surface area contributed by atoms with Gasteiger partial charge in [-0.15, -0.1) is 0 Å². The van der Waals surface area contributed by atoms with Crippen LogP contribution in [0.5, 0.6) is 0 Å². The highest BCUT2D eigenvalue weighted by molar-refractivity contribution is 5.36. The lowest BCUT2D eigenvalue weighted by Crippen LogP contribution is -2.24. The van der Waals surface area contributed by atoms with Gasteiger partial charge >= 0.3 is 0 Å². The van der Waals surface area contributed by atoms with Gasteiger partial charge in [-0.3, -0.25) is 4.68 Å². The van der Waals surface area contributed by atoms with Crippen LogP contribution in [-0.2, 0) is 6.54 Å². The molecular weight excluding hydrogens is 176 g/mol. The van der Waals surface area contributed by atoms with Gasteiger partial charge in [-0.1, -0.05) is 0 Å². The molecule has 1 rings (SSSR count). The van der Waals surface area contributed by atoms with Crippen molar-refractivity contribution < 1.29 is 0 Å². The number of hydrogen-bond donors (Lipinski definition) is 1. The Morgan fingerprint density at radius 1 is 1.57 bits per heavy atom. The van der Waals surface area contributed by atoms with Crippen LogP contribution in [0.4, 0.5) is 5.82 Å². The van der Waals surface area contributed by atoms with Crippen molar-refractivity contribution in [1.29, 1.82) is 0 Å². The van der Waals surface area contributed by atoms with Gasteiger partial charge in [-0.25, -0.2) is 0 Å². The summed E-state index contributed by atoms with van der Waals surface area (Å²) in [5, 5.41) is 7.39. The van der Waals surface area contributed by atoms with Crippen LogP contribution in [0.25, 0.3) is 0 Å². The molecule has 0 amide bonds. The monoisotopic (exact) mass is 196 g/mol. The maximum atomic E-state index is 4.24. The van der Waals surface area contributed by atoms with Crippen molar-refractivity contribution in [3.63, 3.8) is 0 Å². The number of aryl methyl sites for hydroxylation is 1. The topological polar surface area (TPSA) is 33.1 Å². The lowest BCUT2D eigenvalue weighted by Gasteiger charge is -2.19. The summed E-state index contributed by atoms with van der Waals surface area (Å²) in [6.07, 6.45) is 3.01. The third kappa shape index (κ3) is 2.73. The minimum atomic E-state index is 0.929. The van der Waals surface area contributed by atoms with Crippen molar-refractivity contribution >= 4 is 5.82 Å². The van der Waals surface area contributed by atoms with Crippen molar-refractivity contribution in [2.24, 2.45) is 0 Å². The molecular formula is C10H20N4. The van der Waals surface area contributed by atoms with Gasteiger partial charge in [-0.05, 0) is 26.9 Å². The normalized spacial score (nSPS) is 10.5. The molecule has 80 valence electrons. The summed E-state index contributed by atoms with van der Waals surface area (Å²) in [6.45, 7) is 5.16. The molecule has 1 aromatic heterocycles. The fourth-order valence-electron chi connectivity index (χ4n) is 1.50. The van der Waals surface area contributed by atoms with Gasteiger partial charge in [0.05, 0.1) is 6.20 Å². The molecule has 1 aromatic rings. The van der Waals surface area contributed by atoms with E-state index in [1.54, 1.807) is 0 Å². The lowest BCUT2D eigenvalue weighted by atomic mass is 10.4. The maximum absolute atomic E-state index is 4.24. The molecule has 14 heavy (non-hydrogen) atoms. The van der Waals surface area contributed by atoms with E-state index < -0.39 is 0 Å². The van der Waals surface area contributed by atoms with Gasteiger partial charge in [0.25, 0.3) is 0 Å². The second-order valence-electron chi connectivity index (χ2n) is 3.38. The van der Waals surface area contributed by atoms with Crippen LogP contribution < -0.4 is 10.2 Å². The van der Waals surface area contributed by atoms with E-state index in [9.17, 15) is 0 Å². The Hall–Kier alpha value is -1.03. The van der Waals surface area contributed by atoms with Crippen LogP contribution in [0.3, 0.4) is 0 Å². The minimum absolute atomic E-state index is 0.929. The molecule has 0 bridgehead atoms. The first kappa shape index (κ1) is 11.0. The predicted molar refractivity (Wildman–Crippen MR) is 59.7 cm³/mol. The molecule has 0 aliphatic heterocycles. The maximum Gasteiger partial charge on any atom is 0.126 e. The zero-order valence-corrected chi connectivity index (χ0v) is 9.32. The van der Waals surface area contributed by atoms with Gasteiger partial charge in [0.2, 0.25) is 0 Å². The Bertz CT molecular complexity index is 256. The second kappa shape index (κ2) is 5.65. The Balaban J connectivity index is 2.47. The van der Waals surface area contributed by atoms with Crippen LogP contribution in [0.2, 0.25) is 0 Å². The summed E-state index contributed by atoms with van der Waals surface area (Å²) in [6, 6.07) is 2.06. The van der Waals surface area contributed by atoms with Crippen LogP contribution in [0.1, 0.15) is 13.3 Å². The SMILES string of the molecule is CCn1nccc1N(C)CCCNC. The van der Waals surface area contributed by atoms with Crippen molar-refractivity contribution in [2.45, 2.75) is 19.9 Å². The fraction of sp³-hybridized carbons (Fsp3) is 0.700. The molecule has 0 saturated carbocycles. The summed E-state index contributed by atoms with van der Waals surface area (Å²) in [5.74, 6) is 1.20. The van der Waals surface area contributed by atoms with E-state index in [1.165, 1.54) is 5.82 Å². The zero-order valence-electron chi connectivity index (χ0n) is 9.32. The molecule has 0 saturated heterocycles. The van der Waals surface area contributed by atoms with Gasteiger partial charge in [0.1, 0.15) is 5.82 Å². The molecule has 4 heteroatoms. The van der Waals surface area contributed by atoms with E-state index in [0.29, 0.717) is 0 Å². The summed E-state index contributed by atoms with van der Waals surface area (Å²) in [7, 11) is 4.09. The fourth-order valence-corrected chi connectivity index (χ4v) is 1.50. The molecule has 0 spiro atoms. The van der Waals surface area contributed by atoms with Crippen LogP contribution in [0.15, 0.2) is 12.3 Å². The third-order valence-electron chi connectivity index (χ3n) is 2.31. The van der Waals surface area contributed by atoms with Crippen molar-refractivity contribution in [3.05, 3.63) is 12.3 Å². The Kier molecular flexibility index (Phi) is 4.46. The molecule has 1 N–H and O–H groups in total. The highest BCUT2D eigenvalue weighted by atomic mass is 15.4. The van der Waals surface area contributed by atoms with Crippen molar-refractivity contribution in [2.75, 3.05) is 32.1 Å². The Labute approximate surface area is 85.9 Å². The van der Waals surface area contributed by atoms with E-state index in [4.69, 9.17) is 0 Å². The Morgan fingerprint density at radius 2 is 2.36 bits per heavy atom. The largest absolute Gasteiger partial charge is 0.360 e. The number of nitrogens with zero attached hydrogens (tertiary/aromatic N) is 3. The lowest BCUT2D eigenvalue weighted by molar-refractivity contribution is 0.634. The van der Waals surface area contributed by atoms with E-state index in [0.717, 1.165) is 26.1 Å². The molecule has 0 unspecified atom stereocenters. The van der Waals surface area contributed by atoms with E-state index in [2.05, 4.69) is 35.4 Å². The highest BCUT2D eigenvalue weighted by Crippen LogP contribution is 2.11. The van der Waals surface area contributed by atoms with Crippen LogP contribution in [-0.4, -0.2) is 37.0 Å². The summed E-state index contributed by atoms with van der Waals surface area (Å²) < 4.78 is 2.01. The quantitative estimate of drug-likeness (QED) is 0.688. The smallest absolute Gasteiger partial charge is 0.126 e. The molecule has 0 atom stereocenters. The van der Waals surface area contributed by atoms with Crippen LogP contribution in [0, 0.1) is 0 Å². The van der Waals surface area contributed by atoms with Gasteiger partial charge < -0.3 is 10.2 Å². The average molecular weight is 196 g/mol. The van der Waals surface area contributed by atoms with Crippen molar-refractivity contribution in [3.8, 4) is 0 Å². The third-order valence-corrected chi connectivity index (χ3v) is 2.31. The first-order valence-electron chi connectivity index (χ1n) is 5.17. The molecule has 4 nitrogen and oxygen atoms in total. The molecule has 0 aromatic carbocycles. The summed E-state index contributed by atoms with van der Waals surface area (Å²) >= 11 is 0. The first-order valence-corrected chi connectivity index (χ1v) is 5.17. The first-order chi connectivity index (χ1) is 6.79. The standard InChI is InChI=1S/C10H20N4/c1-4-14-10(6-8-12-14)13(3)9-5-7-11-2/h6,8,11H,4-5,7,9H2,1-3H3. The molecule has 0 aliphatic carbocycles. The Morgan fingerprint density at radius 3 is 3.00 bits per heavy atom. The predicted octanol–water partition coefficient (Wildman–Crippen LogP) is 0.949. The van der Waals surface area contributed by atoms with E-state index in [1.807, 2.05) is 17.9 Å². The molecule has 0 fully saturated rings. The second-order valence-corrected chi connectivity index (χ2v) is 3.38. The number of anilines is 1. The molecule has 0 aliphatic rings. The summed E-state index contributed by atoms with van der Waals surface area (Å²) in [5.41, 5.74) is 0. The number of rotatable bonds is 6. The number of aromatic nitrogens is 2. The van der Waals surface area contributed by atoms with Gasteiger partial charge in [-0.2, -0.15) is 5.10 Å². The summed E-state index contributed by atoms with van der Waals surface area (Å²) in [4.78, 5) is 2.24. The number of nitrogens with one attached hydrogen (secondary N) is 1. The van der Waals surface area contributed by atoms with Crippen molar-refractivity contribution in [1.82, 2.24) is 15.1 Å². The van der Waals surface area contributed by atoms with Gasteiger partial charge in [0, 0.05) is 26.2 Å².